The lowest BCUT2D eigenvalue weighted by Crippen LogP contribution is -2.27. The zero-order valence-corrected chi connectivity index (χ0v) is 20.1. The van der Waals surface area contributed by atoms with Gasteiger partial charge in [-0.25, -0.2) is 8.42 Å². The van der Waals surface area contributed by atoms with Crippen LogP contribution in [0.25, 0.3) is 0 Å². The van der Waals surface area contributed by atoms with Crippen molar-refractivity contribution in [1.29, 1.82) is 0 Å². The molecule has 0 unspecified atom stereocenters. The number of sulfonamides is 1. The van der Waals surface area contributed by atoms with Crippen molar-refractivity contribution in [3.63, 3.8) is 0 Å². The molecule has 2 heterocycles. The van der Waals surface area contributed by atoms with Crippen molar-refractivity contribution < 1.29 is 13.2 Å². The van der Waals surface area contributed by atoms with E-state index in [0.29, 0.717) is 36.9 Å². The molecule has 1 fully saturated rings. The van der Waals surface area contributed by atoms with Gasteiger partial charge < -0.3 is 9.88 Å². The minimum atomic E-state index is -3.46. The topological polar surface area (TPSA) is 97.2 Å². The number of amides is 1. The lowest BCUT2D eigenvalue weighted by atomic mass is 10.1. The quantitative estimate of drug-likeness (QED) is 0.467. The monoisotopic (exact) mass is 485 g/mol. The molecule has 0 bridgehead atoms. The van der Waals surface area contributed by atoms with Gasteiger partial charge in [-0.3, -0.25) is 4.79 Å². The van der Waals surface area contributed by atoms with E-state index in [1.165, 1.54) is 16.1 Å². The number of thioether (sulfide) groups is 1. The Morgan fingerprint density at radius 3 is 2.39 bits per heavy atom. The number of hydrogen-bond acceptors (Lipinski definition) is 6. The third kappa shape index (κ3) is 5.63. The fourth-order valence-electron chi connectivity index (χ4n) is 3.77. The summed E-state index contributed by atoms with van der Waals surface area (Å²) in [4.78, 5) is 12.7. The number of benzene rings is 2. The number of nitrogens with zero attached hydrogens (tertiary/aromatic N) is 4. The van der Waals surface area contributed by atoms with Crippen LogP contribution in [0.1, 0.15) is 31.2 Å². The second kappa shape index (κ2) is 10.5. The second-order valence-corrected chi connectivity index (χ2v) is 10.7. The largest absolute Gasteiger partial charge is 0.325 e. The van der Waals surface area contributed by atoms with Crippen LogP contribution in [-0.2, 0) is 27.8 Å². The molecule has 1 N–H and O–H groups in total. The highest BCUT2D eigenvalue weighted by atomic mass is 32.2. The van der Waals surface area contributed by atoms with Crippen LogP contribution in [0, 0.1) is 0 Å². The Morgan fingerprint density at radius 1 is 1.03 bits per heavy atom. The molecule has 2 aromatic carbocycles. The summed E-state index contributed by atoms with van der Waals surface area (Å²) in [5.41, 5.74) is 1.71. The SMILES string of the molecule is CCn1c(Cc2ccccc2)nnc1SCC(=O)Nc1ccc(S(=O)(=O)N2CCCC2)cc1. The number of aromatic nitrogens is 3. The number of carbonyl (C=O) groups excluding carboxylic acids is 1. The van der Waals surface area contributed by atoms with E-state index in [0.717, 1.165) is 24.2 Å². The Kier molecular flexibility index (Phi) is 7.46. The van der Waals surface area contributed by atoms with Crippen molar-refractivity contribution in [3.8, 4) is 0 Å². The summed E-state index contributed by atoms with van der Waals surface area (Å²) < 4.78 is 28.8. The van der Waals surface area contributed by atoms with Crippen LogP contribution in [0.2, 0.25) is 0 Å². The van der Waals surface area contributed by atoms with Gasteiger partial charge in [-0.15, -0.1) is 10.2 Å². The molecule has 1 saturated heterocycles. The Bertz CT molecular complexity index is 1190. The molecule has 33 heavy (non-hydrogen) atoms. The molecule has 0 radical (unpaired) electrons. The molecule has 0 saturated carbocycles. The summed E-state index contributed by atoms with van der Waals surface area (Å²) in [5, 5.41) is 12.1. The van der Waals surface area contributed by atoms with Gasteiger partial charge in [0.2, 0.25) is 15.9 Å². The van der Waals surface area contributed by atoms with E-state index in [1.54, 1.807) is 24.3 Å². The van der Waals surface area contributed by atoms with Gasteiger partial charge in [-0.2, -0.15) is 4.31 Å². The molecular weight excluding hydrogens is 458 g/mol. The van der Waals surface area contributed by atoms with E-state index in [2.05, 4.69) is 27.6 Å². The van der Waals surface area contributed by atoms with Crippen molar-refractivity contribution in [3.05, 3.63) is 66.0 Å². The van der Waals surface area contributed by atoms with Crippen molar-refractivity contribution >= 4 is 33.4 Å². The molecule has 3 aromatic rings. The van der Waals surface area contributed by atoms with Crippen LogP contribution in [0.4, 0.5) is 5.69 Å². The van der Waals surface area contributed by atoms with Crippen LogP contribution in [0.5, 0.6) is 0 Å². The maximum absolute atomic E-state index is 12.6. The molecule has 1 aliphatic heterocycles. The van der Waals surface area contributed by atoms with E-state index in [-0.39, 0.29) is 16.6 Å². The summed E-state index contributed by atoms with van der Waals surface area (Å²) in [6, 6.07) is 16.4. The Hall–Kier alpha value is -2.69. The van der Waals surface area contributed by atoms with E-state index < -0.39 is 10.0 Å². The third-order valence-corrected chi connectivity index (χ3v) is 8.37. The summed E-state index contributed by atoms with van der Waals surface area (Å²) >= 11 is 1.33. The van der Waals surface area contributed by atoms with Gasteiger partial charge in [0.05, 0.1) is 10.6 Å². The number of hydrogen-bond donors (Lipinski definition) is 1. The average molecular weight is 486 g/mol. The summed E-state index contributed by atoms with van der Waals surface area (Å²) in [6.45, 7) is 3.87. The second-order valence-electron chi connectivity index (χ2n) is 7.78. The molecule has 0 spiro atoms. The first kappa shape index (κ1) is 23.5. The Labute approximate surface area is 198 Å². The van der Waals surface area contributed by atoms with E-state index in [4.69, 9.17) is 0 Å². The van der Waals surface area contributed by atoms with Crippen molar-refractivity contribution in [1.82, 2.24) is 19.1 Å². The Morgan fingerprint density at radius 2 is 1.73 bits per heavy atom. The molecule has 0 aliphatic carbocycles. The molecular formula is C23H27N5O3S2. The molecule has 4 rings (SSSR count). The normalized spacial score (nSPS) is 14.5. The van der Waals surface area contributed by atoms with Gasteiger partial charge in [0, 0.05) is 31.7 Å². The number of carbonyl (C=O) groups is 1. The third-order valence-electron chi connectivity index (χ3n) is 5.49. The average Bonchev–Trinajstić information content (AvgIpc) is 3.49. The molecule has 0 atom stereocenters. The van der Waals surface area contributed by atoms with Crippen LogP contribution >= 0.6 is 11.8 Å². The minimum absolute atomic E-state index is 0.178. The zero-order valence-electron chi connectivity index (χ0n) is 18.5. The lowest BCUT2D eigenvalue weighted by molar-refractivity contribution is -0.113. The molecule has 1 aromatic heterocycles. The van der Waals surface area contributed by atoms with Crippen molar-refractivity contribution in [2.45, 2.75) is 42.8 Å². The van der Waals surface area contributed by atoms with Gasteiger partial charge >= 0.3 is 0 Å². The van der Waals surface area contributed by atoms with E-state index >= 15 is 0 Å². The van der Waals surface area contributed by atoms with Crippen molar-refractivity contribution in [2.24, 2.45) is 0 Å². The first-order chi connectivity index (χ1) is 16.0. The fourth-order valence-corrected chi connectivity index (χ4v) is 6.11. The summed E-state index contributed by atoms with van der Waals surface area (Å²) in [6.07, 6.45) is 2.47. The predicted octanol–water partition coefficient (Wildman–Crippen LogP) is 3.40. The van der Waals surface area contributed by atoms with Crippen LogP contribution in [0.3, 0.4) is 0 Å². The molecule has 10 heteroatoms. The van der Waals surface area contributed by atoms with E-state index in [9.17, 15) is 13.2 Å². The van der Waals surface area contributed by atoms with Gasteiger partial charge in [0.1, 0.15) is 5.82 Å². The number of rotatable bonds is 9. The highest BCUT2D eigenvalue weighted by Crippen LogP contribution is 2.23. The van der Waals surface area contributed by atoms with Crippen LogP contribution in [-0.4, -0.2) is 52.2 Å². The summed E-state index contributed by atoms with van der Waals surface area (Å²) in [5.74, 6) is 0.851. The maximum atomic E-state index is 12.6. The molecule has 1 amide bonds. The number of nitrogens with one attached hydrogen (secondary N) is 1. The predicted molar refractivity (Wildman–Crippen MR) is 129 cm³/mol. The van der Waals surface area contributed by atoms with Gasteiger partial charge in [-0.1, -0.05) is 42.1 Å². The minimum Gasteiger partial charge on any atom is -0.325 e. The highest BCUT2D eigenvalue weighted by molar-refractivity contribution is 7.99. The smallest absolute Gasteiger partial charge is 0.243 e. The Balaban J connectivity index is 1.34. The van der Waals surface area contributed by atoms with Gasteiger partial charge in [0.15, 0.2) is 5.16 Å². The zero-order chi connectivity index (χ0) is 23.3. The molecule has 1 aliphatic rings. The van der Waals surface area contributed by atoms with Crippen LogP contribution in [0.15, 0.2) is 64.6 Å². The maximum Gasteiger partial charge on any atom is 0.243 e. The van der Waals surface area contributed by atoms with Gasteiger partial charge in [-0.05, 0) is 49.6 Å². The fraction of sp³-hybridized carbons (Fsp3) is 0.348. The standard InChI is InChI=1S/C23H27N5O3S2/c1-2-28-21(16-18-8-4-3-5-9-18)25-26-23(28)32-17-22(29)24-19-10-12-20(13-11-19)33(30,31)27-14-6-7-15-27/h3-5,8-13H,2,6-7,14-17H2,1H3,(H,24,29). The van der Waals surface area contributed by atoms with Gasteiger partial charge in [0.25, 0.3) is 0 Å². The molecule has 8 nitrogen and oxygen atoms in total. The molecule has 174 valence electrons. The first-order valence-corrected chi connectivity index (χ1v) is 13.4. The van der Waals surface area contributed by atoms with E-state index in [1.807, 2.05) is 29.7 Å². The highest BCUT2D eigenvalue weighted by Gasteiger charge is 2.27. The first-order valence-electron chi connectivity index (χ1n) is 11.0. The summed E-state index contributed by atoms with van der Waals surface area (Å²) in [7, 11) is -3.46. The van der Waals surface area contributed by atoms with Crippen LogP contribution < -0.4 is 5.32 Å². The lowest BCUT2D eigenvalue weighted by Gasteiger charge is -2.15. The number of anilines is 1. The van der Waals surface area contributed by atoms with Crippen molar-refractivity contribution in [2.75, 3.05) is 24.2 Å².